The number of nitrogens with one attached hydrogen (secondary N) is 2. The molecule has 3 fully saturated rings. The maximum atomic E-state index is 13.1. The fourth-order valence-corrected chi connectivity index (χ4v) is 4.42. The van der Waals surface area contributed by atoms with Crippen molar-refractivity contribution in [3.8, 4) is 0 Å². The molecule has 2 aromatic heterocycles. The molecule has 3 aliphatic rings. The predicted molar refractivity (Wildman–Crippen MR) is 105 cm³/mol. The number of hydrogen-bond acceptors (Lipinski definition) is 7. The summed E-state index contributed by atoms with van der Waals surface area (Å²) in [5, 5.41) is 6.32. The van der Waals surface area contributed by atoms with E-state index in [1.807, 2.05) is 6.07 Å². The number of alkyl halides is 3. The molecule has 30 heavy (non-hydrogen) atoms. The standard InChI is InChI=1S/C20H23F3N6O/c21-20(22,23)13-3-6-25-17(7-13)27-18-9-16(12-1-4-24-5-2-12)26-19(28-18)29-10-15-8-14(29)11-30-15/h3,6-7,9,12,14-15,24H,1-2,4-5,8,10-11H2,(H,25,26,27,28). The topological polar surface area (TPSA) is 75.2 Å². The highest BCUT2D eigenvalue weighted by molar-refractivity contribution is 5.56. The van der Waals surface area contributed by atoms with Gasteiger partial charge in [-0.25, -0.2) is 9.97 Å². The Morgan fingerprint density at radius 2 is 1.97 bits per heavy atom. The molecule has 5 heterocycles. The van der Waals surface area contributed by atoms with E-state index in [1.54, 1.807) is 0 Å². The van der Waals surface area contributed by atoms with Gasteiger partial charge in [-0.1, -0.05) is 0 Å². The molecule has 10 heteroatoms. The number of ether oxygens (including phenoxy) is 1. The first-order valence-electron chi connectivity index (χ1n) is 10.2. The molecular weight excluding hydrogens is 397 g/mol. The van der Waals surface area contributed by atoms with E-state index in [2.05, 4.69) is 25.5 Å². The monoisotopic (exact) mass is 420 g/mol. The van der Waals surface area contributed by atoms with Crippen molar-refractivity contribution < 1.29 is 17.9 Å². The van der Waals surface area contributed by atoms with Crippen molar-refractivity contribution >= 4 is 17.6 Å². The smallest absolute Gasteiger partial charge is 0.374 e. The zero-order chi connectivity index (χ0) is 20.7. The van der Waals surface area contributed by atoms with E-state index in [9.17, 15) is 13.2 Å². The molecule has 0 amide bonds. The van der Waals surface area contributed by atoms with Gasteiger partial charge in [-0.15, -0.1) is 0 Å². The predicted octanol–water partition coefficient (Wildman–Crippen LogP) is 3.08. The lowest BCUT2D eigenvalue weighted by molar-refractivity contribution is -0.137. The Bertz CT molecular complexity index is 918. The van der Waals surface area contributed by atoms with E-state index < -0.39 is 11.7 Å². The van der Waals surface area contributed by atoms with Crippen molar-refractivity contribution in [2.45, 2.75) is 43.5 Å². The second kappa shape index (κ2) is 7.66. The Hall–Kier alpha value is -2.46. The number of nitrogens with zero attached hydrogens (tertiary/aromatic N) is 4. The van der Waals surface area contributed by atoms with Gasteiger partial charge in [0.05, 0.1) is 30.0 Å². The fourth-order valence-electron chi connectivity index (χ4n) is 4.42. The molecule has 5 rings (SSSR count). The number of rotatable bonds is 4. The largest absolute Gasteiger partial charge is 0.416 e. The van der Waals surface area contributed by atoms with Crippen LogP contribution in [0.25, 0.3) is 0 Å². The molecule has 3 aliphatic heterocycles. The number of anilines is 3. The summed E-state index contributed by atoms with van der Waals surface area (Å²) in [6.45, 7) is 3.24. The highest BCUT2D eigenvalue weighted by Crippen LogP contribution is 2.34. The summed E-state index contributed by atoms with van der Waals surface area (Å²) in [7, 11) is 0. The Balaban J connectivity index is 1.47. The van der Waals surface area contributed by atoms with Crippen molar-refractivity contribution in [1.82, 2.24) is 20.3 Å². The molecule has 3 saturated heterocycles. The maximum absolute atomic E-state index is 13.1. The number of pyridine rings is 1. The van der Waals surface area contributed by atoms with Gasteiger partial charge in [0.15, 0.2) is 0 Å². The van der Waals surface area contributed by atoms with Crippen molar-refractivity contribution in [2.24, 2.45) is 0 Å². The van der Waals surface area contributed by atoms with Gasteiger partial charge >= 0.3 is 6.18 Å². The van der Waals surface area contributed by atoms with E-state index in [0.29, 0.717) is 24.3 Å². The molecule has 0 aliphatic carbocycles. The van der Waals surface area contributed by atoms with E-state index >= 15 is 0 Å². The first kappa shape index (κ1) is 19.5. The third-order valence-corrected chi connectivity index (χ3v) is 5.99. The van der Waals surface area contributed by atoms with Crippen LogP contribution in [-0.4, -0.2) is 53.3 Å². The van der Waals surface area contributed by atoms with Gasteiger partial charge in [-0.3, -0.25) is 0 Å². The van der Waals surface area contributed by atoms with Crippen molar-refractivity contribution in [3.05, 3.63) is 35.7 Å². The molecular formula is C20H23F3N6O. The third kappa shape index (κ3) is 3.93. The Kier molecular flexibility index (Phi) is 4.98. The number of hydrogen-bond donors (Lipinski definition) is 2. The van der Waals surface area contributed by atoms with E-state index in [-0.39, 0.29) is 18.0 Å². The summed E-state index contributed by atoms with van der Waals surface area (Å²) in [5.74, 6) is 1.47. The van der Waals surface area contributed by atoms with Crippen LogP contribution in [0.4, 0.5) is 30.8 Å². The second-order valence-corrected chi connectivity index (χ2v) is 8.05. The molecule has 2 aromatic rings. The summed E-state index contributed by atoms with van der Waals surface area (Å²) >= 11 is 0. The zero-order valence-electron chi connectivity index (χ0n) is 16.3. The molecule has 0 radical (unpaired) electrons. The van der Waals surface area contributed by atoms with Crippen LogP contribution in [0.15, 0.2) is 24.4 Å². The highest BCUT2D eigenvalue weighted by atomic mass is 19.4. The number of morpholine rings is 1. The number of aromatic nitrogens is 3. The van der Waals surface area contributed by atoms with Crippen LogP contribution in [-0.2, 0) is 10.9 Å². The van der Waals surface area contributed by atoms with E-state index in [4.69, 9.17) is 9.72 Å². The molecule has 0 saturated carbocycles. The quantitative estimate of drug-likeness (QED) is 0.787. The summed E-state index contributed by atoms with van der Waals surface area (Å²) < 4.78 is 44.9. The summed E-state index contributed by atoms with van der Waals surface area (Å²) in [6.07, 6.45) is -0.190. The zero-order valence-corrected chi connectivity index (χ0v) is 16.3. The second-order valence-electron chi connectivity index (χ2n) is 8.05. The van der Waals surface area contributed by atoms with E-state index in [1.165, 1.54) is 0 Å². The minimum atomic E-state index is -4.43. The van der Waals surface area contributed by atoms with Gasteiger partial charge in [-0.2, -0.15) is 18.2 Å². The van der Waals surface area contributed by atoms with Gasteiger partial charge < -0.3 is 20.3 Å². The number of fused-ring (bicyclic) bond motifs is 2. The lowest BCUT2D eigenvalue weighted by Crippen LogP contribution is -2.38. The molecule has 2 atom stereocenters. The van der Waals surface area contributed by atoms with E-state index in [0.717, 1.165) is 62.9 Å². The Labute approximate surface area is 172 Å². The molecule has 2 unspecified atom stereocenters. The van der Waals surface area contributed by atoms with Crippen LogP contribution in [0, 0.1) is 0 Å². The lowest BCUT2D eigenvalue weighted by atomic mass is 9.94. The van der Waals surface area contributed by atoms with Gasteiger partial charge in [-0.05, 0) is 44.5 Å². The van der Waals surface area contributed by atoms with Crippen molar-refractivity contribution in [2.75, 3.05) is 36.5 Å². The summed E-state index contributed by atoms with van der Waals surface area (Å²) in [4.78, 5) is 15.7. The van der Waals surface area contributed by atoms with Crippen LogP contribution in [0.2, 0.25) is 0 Å². The highest BCUT2D eigenvalue weighted by Gasteiger charge is 2.40. The fraction of sp³-hybridized carbons (Fsp3) is 0.550. The summed E-state index contributed by atoms with van der Waals surface area (Å²) in [6, 6.07) is 4.04. The van der Waals surface area contributed by atoms with Crippen LogP contribution in [0.3, 0.4) is 0 Å². The average molecular weight is 420 g/mol. The Morgan fingerprint density at radius 3 is 2.67 bits per heavy atom. The molecule has 2 N–H and O–H groups in total. The molecule has 7 nitrogen and oxygen atoms in total. The molecule has 0 aromatic carbocycles. The van der Waals surface area contributed by atoms with Crippen LogP contribution < -0.4 is 15.5 Å². The van der Waals surface area contributed by atoms with Gasteiger partial charge in [0, 0.05) is 24.7 Å². The minimum Gasteiger partial charge on any atom is -0.374 e. The van der Waals surface area contributed by atoms with Crippen LogP contribution in [0.1, 0.15) is 36.4 Å². The normalized spacial score (nSPS) is 24.4. The summed E-state index contributed by atoms with van der Waals surface area (Å²) in [5.41, 5.74) is 0.168. The SMILES string of the molecule is FC(F)(F)c1ccnc(Nc2cc(C3CCNCC3)nc(N3CC4CC3CO4)n2)c1. The average Bonchev–Trinajstić information content (AvgIpc) is 3.38. The third-order valence-electron chi connectivity index (χ3n) is 5.99. The van der Waals surface area contributed by atoms with Crippen LogP contribution in [0.5, 0.6) is 0 Å². The molecule has 2 bridgehead atoms. The lowest BCUT2D eigenvalue weighted by Gasteiger charge is -2.29. The van der Waals surface area contributed by atoms with Gasteiger partial charge in [0.1, 0.15) is 11.6 Å². The van der Waals surface area contributed by atoms with Gasteiger partial charge in [0.25, 0.3) is 0 Å². The molecule has 160 valence electrons. The van der Waals surface area contributed by atoms with Crippen molar-refractivity contribution in [3.63, 3.8) is 0 Å². The number of piperidine rings is 1. The minimum absolute atomic E-state index is 0.108. The van der Waals surface area contributed by atoms with Crippen LogP contribution >= 0.6 is 0 Å². The van der Waals surface area contributed by atoms with Gasteiger partial charge in [0.2, 0.25) is 5.95 Å². The maximum Gasteiger partial charge on any atom is 0.416 e. The molecule has 0 spiro atoms. The first-order valence-corrected chi connectivity index (χ1v) is 10.2. The number of halogens is 3. The van der Waals surface area contributed by atoms with Crippen molar-refractivity contribution in [1.29, 1.82) is 0 Å². The first-order chi connectivity index (χ1) is 14.5. The Morgan fingerprint density at radius 1 is 1.13 bits per heavy atom.